The second-order valence-corrected chi connectivity index (χ2v) is 4.72. The van der Waals surface area contributed by atoms with Crippen molar-refractivity contribution in [1.29, 1.82) is 0 Å². The van der Waals surface area contributed by atoms with E-state index in [-0.39, 0.29) is 5.91 Å². The molecule has 2 rings (SSSR count). The molecule has 1 amide bonds. The van der Waals surface area contributed by atoms with E-state index >= 15 is 0 Å². The number of hydrogen-bond donors (Lipinski definition) is 1. The fraction of sp³-hybridized carbons (Fsp3) is 0.462. The van der Waals surface area contributed by atoms with Gasteiger partial charge in [0.2, 0.25) is 5.91 Å². The summed E-state index contributed by atoms with van der Waals surface area (Å²) in [6.45, 7) is 3.05. The number of hydrogen-bond acceptors (Lipinski definition) is 2. The fourth-order valence-corrected chi connectivity index (χ4v) is 2.10. The maximum absolute atomic E-state index is 11.3. The lowest BCUT2D eigenvalue weighted by molar-refractivity contribution is -0.116. The number of nitrogens with one attached hydrogen (secondary N) is 1. The van der Waals surface area contributed by atoms with Gasteiger partial charge in [0.15, 0.2) is 0 Å². The van der Waals surface area contributed by atoms with Crippen molar-refractivity contribution >= 4 is 11.6 Å². The molecule has 0 spiro atoms. The maximum Gasteiger partial charge on any atom is 0.224 e. The largest absolute Gasteiger partial charge is 0.326 e. The zero-order valence-electron chi connectivity index (χ0n) is 10.1. The van der Waals surface area contributed by atoms with Crippen LogP contribution in [0.4, 0.5) is 5.69 Å². The van der Waals surface area contributed by atoms with Crippen LogP contribution in [0.1, 0.15) is 23.1 Å². The van der Waals surface area contributed by atoms with Crippen molar-refractivity contribution in [3.8, 4) is 0 Å². The van der Waals surface area contributed by atoms with Crippen molar-refractivity contribution in [2.75, 3.05) is 19.4 Å². The SMILES string of the molecule is Cc1cc2c(cc1CN(C)C)CCC(=O)N2. The van der Waals surface area contributed by atoms with E-state index in [1.165, 1.54) is 16.7 Å². The van der Waals surface area contributed by atoms with E-state index in [9.17, 15) is 4.79 Å². The smallest absolute Gasteiger partial charge is 0.224 e. The Labute approximate surface area is 96.5 Å². The van der Waals surface area contributed by atoms with Crippen LogP contribution < -0.4 is 5.32 Å². The highest BCUT2D eigenvalue weighted by atomic mass is 16.1. The number of benzene rings is 1. The van der Waals surface area contributed by atoms with Crippen LogP contribution in [0, 0.1) is 6.92 Å². The number of fused-ring (bicyclic) bond motifs is 1. The van der Waals surface area contributed by atoms with Gasteiger partial charge in [-0.3, -0.25) is 4.79 Å². The third-order valence-corrected chi connectivity index (χ3v) is 2.94. The van der Waals surface area contributed by atoms with Crippen molar-refractivity contribution in [3.05, 3.63) is 28.8 Å². The maximum atomic E-state index is 11.3. The summed E-state index contributed by atoms with van der Waals surface area (Å²) in [7, 11) is 4.14. The van der Waals surface area contributed by atoms with Gasteiger partial charge in [0.05, 0.1) is 0 Å². The predicted octanol–water partition coefficient (Wildman–Crippen LogP) is 1.94. The topological polar surface area (TPSA) is 32.3 Å². The number of rotatable bonds is 2. The monoisotopic (exact) mass is 218 g/mol. The van der Waals surface area contributed by atoms with E-state index in [4.69, 9.17) is 0 Å². The van der Waals surface area contributed by atoms with Gasteiger partial charge in [-0.05, 0) is 50.2 Å². The summed E-state index contributed by atoms with van der Waals surface area (Å²) < 4.78 is 0. The molecule has 0 saturated heterocycles. The predicted molar refractivity (Wildman–Crippen MR) is 65.5 cm³/mol. The van der Waals surface area contributed by atoms with Crippen LogP contribution in [-0.4, -0.2) is 24.9 Å². The minimum absolute atomic E-state index is 0.132. The summed E-state index contributed by atoms with van der Waals surface area (Å²) in [4.78, 5) is 13.4. The molecular formula is C13H18N2O. The first kappa shape index (κ1) is 11.1. The second-order valence-electron chi connectivity index (χ2n) is 4.72. The quantitative estimate of drug-likeness (QED) is 0.822. The molecule has 0 atom stereocenters. The molecule has 0 bridgehead atoms. The summed E-state index contributed by atoms with van der Waals surface area (Å²) in [6.07, 6.45) is 1.47. The Balaban J connectivity index is 2.34. The van der Waals surface area contributed by atoms with Crippen molar-refractivity contribution in [3.63, 3.8) is 0 Å². The zero-order valence-corrected chi connectivity index (χ0v) is 10.1. The van der Waals surface area contributed by atoms with Crippen LogP contribution in [0.15, 0.2) is 12.1 Å². The third-order valence-electron chi connectivity index (χ3n) is 2.94. The molecule has 1 aliphatic rings. The van der Waals surface area contributed by atoms with Gasteiger partial charge >= 0.3 is 0 Å². The van der Waals surface area contributed by atoms with Crippen molar-refractivity contribution < 1.29 is 4.79 Å². The number of anilines is 1. The first-order chi connectivity index (χ1) is 7.56. The average molecular weight is 218 g/mol. The number of carbonyl (C=O) groups is 1. The molecular weight excluding hydrogens is 200 g/mol. The summed E-state index contributed by atoms with van der Waals surface area (Å²) in [5.74, 6) is 0.132. The van der Waals surface area contributed by atoms with E-state index in [2.05, 4.69) is 43.4 Å². The molecule has 0 unspecified atom stereocenters. The summed E-state index contributed by atoms with van der Waals surface area (Å²) in [6, 6.07) is 4.31. The number of aryl methyl sites for hydroxylation is 2. The Morgan fingerprint density at radius 3 is 2.75 bits per heavy atom. The molecule has 0 aromatic heterocycles. The van der Waals surface area contributed by atoms with Crippen molar-refractivity contribution in [2.45, 2.75) is 26.3 Å². The van der Waals surface area contributed by atoms with Crippen molar-refractivity contribution in [2.24, 2.45) is 0 Å². The standard InChI is InChI=1S/C13H18N2O/c1-9-6-12-10(4-5-13(16)14-12)7-11(9)8-15(2)3/h6-7H,4-5,8H2,1-3H3,(H,14,16). The summed E-state index contributed by atoms with van der Waals surface area (Å²) in [5.41, 5.74) is 4.85. The molecule has 0 aliphatic carbocycles. The van der Waals surface area contributed by atoms with Gasteiger partial charge in [-0.25, -0.2) is 0 Å². The molecule has 1 aliphatic heterocycles. The van der Waals surface area contributed by atoms with E-state index in [1.807, 2.05) is 0 Å². The molecule has 86 valence electrons. The highest BCUT2D eigenvalue weighted by Crippen LogP contribution is 2.26. The minimum atomic E-state index is 0.132. The Morgan fingerprint density at radius 1 is 1.31 bits per heavy atom. The van der Waals surface area contributed by atoms with Gasteiger partial charge in [0, 0.05) is 18.7 Å². The lowest BCUT2D eigenvalue weighted by Gasteiger charge is -2.20. The van der Waals surface area contributed by atoms with Crippen LogP contribution >= 0.6 is 0 Å². The summed E-state index contributed by atoms with van der Waals surface area (Å²) >= 11 is 0. The van der Waals surface area contributed by atoms with E-state index in [0.29, 0.717) is 6.42 Å². The van der Waals surface area contributed by atoms with E-state index < -0.39 is 0 Å². The molecule has 1 N–H and O–H groups in total. The minimum Gasteiger partial charge on any atom is -0.326 e. The van der Waals surface area contributed by atoms with E-state index in [1.54, 1.807) is 0 Å². The first-order valence-corrected chi connectivity index (χ1v) is 5.63. The van der Waals surface area contributed by atoms with Gasteiger partial charge in [-0.1, -0.05) is 6.07 Å². The fourth-order valence-electron chi connectivity index (χ4n) is 2.10. The molecule has 1 heterocycles. The first-order valence-electron chi connectivity index (χ1n) is 5.63. The van der Waals surface area contributed by atoms with Gasteiger partial charge in [-0.2, -0.15) is 0 Å². The lowest BCUT2D eigenvalue weighted by atomic mass is 9.97. The molecule has 0 fully saturated rings. The lowest BCUT2D eigenvalue weighted by Crippen LogP contribution is -2.20. The average Bonchev–Trinajstić information content (AvgIpc) is 2.19. The molecule has 0 radical (unpaired) electrons. The summed E-state index contributed by atoms with van der Waals surface area (Å²) in [5, 5.41) is 2.93. The normalized spacial score (nSPS) is 14.9. The molecule has 1 aromatic rings. The Hall–Kier alpha value is -1.35. The Bertz CT molecular complexity index is 424. The second kappa shape index (κ2) is 4.26. The molecule has 1 aromatic carbocycles. The van der Waals surface area contributed by atoms with Gasteiger partial charge in [0.25, 0.3) is 0 Å². The van der Waals surface area contributed by atoms with Crippen LogP contribution in [0.5, 0.6) is 0 Å². The Kier molecular flexibility index (Phi) is 2.97. The molecule has 16 heavy (non-hydrogen) atoms. The third kappa shape index (κ3) is 2.25. The Morgan fingerprint density at radius 2 is 2.06 bits per heavy atom. The van der Waals surface area contributed by atoms with Gasteiger partial charge in [-0.15, -0.1) is 0 Å². The molecule has 3 nitrogen and oxygen atoms in total. The van der Waals surface area contributed by atoms with Crippen molar-refractivity contribution in [1.82, 2.24) is 4.90 Å². The van der Waals surface area contributed by atoms with Gasteiger partial charge < -0.3 is 10.2 Å². The van der Waals surface area contributed by atoms with Crippen LogP contribution in [0.3, 0.4) is 0 Å². The molecule has 3 heteroatoms. The van der Waals surface area contributed by atoms with Crippen LogP contribution in [0.2, 0.25) is 0 Å². The van der Waals surface area contributed by atoms with Crippen LogP contribution in [0.25, 0.3) is 0 Å². The number of nitrogens with zero attached hydrogens (tertiary/aromatic N) is 1. The zero-order chi connectivity index (χ0) is 11.7. The highest BCUT2D eigenvalue weighted by Gasteiger charge is 2.16. The van der Waals surface area contributed by atoms with Gasteiger partial charge in [0.1, 0.15) is 0 Å². The molecule has 0 saturated carbocycles. The number of amides is 1. The number of carbonyl (C=O) groups excluding carboxylic acids is 1. The highest BCUT2D eigenvalue weighted by molar-refractivity contribution is 5.94. The van der Waals surface area contributed by atoms with Crippen LogP contribution in [-0.2, 0) is 17.8 Å². The van der Waals surface area contributed by atoms with E-state index in [0.717, 1.165) is 18.7 Å².